The van der Waals surface area contributed by atoms with E-state index in [1.54, 1.807) is 16.7 Å². The van der Waals surface area contributed by atoms with Crippen LogP contribution < -0.4 is 5.32 Å². The molecule has 0 bridgehead atoms. The van der Waals surface area contributed by atoms with Crippen LogP contribution in [0.15, 0.2) is 12.1 Å². The van der Waals surface area contributed by atoms with Gasteiger partial charge in [0.15, 0.2) is 17.5 Å². The molecule has 0 spiro atoms. The van der Waals surface area contributed by atoms with Crippen LogP contribution in [0, 0.1) is 17.5 Å². The van der Waals surface area contributed by atoms with E-state index in [1.165, 1.54) is 4.90 Å². The molecule has 1 aromatic rings. The molecule has 1 fully saturated rings. The molecule has 0 aromatic heterocycles. The number of nitrogens with one attached hydrogen (secondary N) is 1. The molecule has 1 heterocycles. The van der Waals surface area contributed by atoms with E-state index in [9.17, 15) is 27.6 Å². The van der Waals surface area contributed by atoms with Crippen molar-refractivity contribution in [2.24, 2.45) is 0 Å². The summed E-state index contributed by atoms with van der Waals surface area (Å²) in [5.41, 5.74) is -0.471. The molecule has 172 valence electrons. The quantitative estimate of drug-likeness (QED) is 0.621. The summed E-state index contributed by atoms with van der Waals surface area (Å²) in [6, 6.07) is 1.65. The molecule has 1 aromatic carbocycles. The number of nitrogens with zero attached hydrogens (tertiary/aromatic N) is 3. The normalized spacial score (nSPS) is 14.0. The highest BCUT2D eigenvalue weighted by Gasteiger charge is 2.26. The van der Waals surface area contributed by atoms with E-state index in [2.05, 4.69) is 5.32 Å². The lowest BCUT2D eigenvalue weighted by Crippen LogP contribution is -2.53. The maximum Gasteiger partial charge on any atom is 0.409 e. The van der Waals surface area contributed by atoms with Gasteiger partial charge in [-0.1, -0.05) is 6.92 Å². The Morgan fingerprint density at radius 3 is 2.26 bits per heavy atom. The molecule has 11 heteroatoms. The second kappa shape index (κ2) is 11.5. The van der Waals surface area contributed by atoms with E-state index in [4.69, 9.17) is 4.74 Å². The van der Waals surface area contributed by atoms with Crippen molar-refractivity contribution in [2.45, 2.75) is 20.3 Å². The number of amides is 3. The van der Waals surface area contributed by atoms with Crippen molar-refractivity contribution < 1.29 is 32.3 Å². The minimum absolute atomic E-state index is 0.0407. The third-order valence-electron chi connectivity index (χ3n) is 4.73. The highest BCUT2D eigenvalue weighted by Crippen LogP contribution is 2.19. The molecule has 8 nitrogen and oxygen atoms in total. The van der Waals surface area contributed by atoms with Gasteiger partial charge in [-0.15, -0.1) is 0 Å². The standard InChI is InChI=1S/C20H27F3N4O4/c1-3-7-25(12-16(28)24-15-6-5-14(21)18(22)19(15)23)13-17(29)26-8-10-27(11-9-26)20(30)31-4-2/h5-6H,3-4,7-13H2,1-2H3,(H,24,28). The smallest absolute Gasteiger partial charge is 0.409 e. The molecule has 0 atom stereocenters. The van der Waals surface area contributed by atoms with Crippen LogP contribution in [0.2, 0.25) is 0 Å². The maximum atomic E-state index is 13.8. The molecule has 0 saturated carbocycles. The lowest BCUT2D eigenvalue weighted by atomic mass is 10.2. The second-order valence-corrected chi connectivity index (χ2v) is 7.05. The van der Waals surface area contributed by atoms with Crippen molar-refractivity contribution in [1.29, 1.82) is 0 Å². The second-order valence-electron chi connectivity index (χ2n) is 7.05. The van der Waals surface area contributed by atoms with E-state index in [0.717, 1.165) is 12.1 Å². The zero-order valence-corrected chi connectivity index (χ0v) is 17.6. The van der Waals surface area contributed by atoms with Crippen LogP contribution in [0.4, 0.5) is 23.7 Å². The first kappa shape index (κ1) is 24.4. The lowest BCUT2D eigenvalue weighted by Gasteiger charge is -2.35. The van der Waals surface area contributed by atoms with Gasteiger partial charge in [-0.2, -0.15) is 0 Å². The maximum absolute atomic E-state index is 13.8. The number of rotatable bonds is 8. The molecule has 1 aliphatic rings. The summed E-state index contributed by atoms with van der Waals surface area (Å²) >= 11 is 0. The fourth-order valence-corrected chi connectivity index (χ4v) is 3.19. The Kier molecular flexibility index (Phi) is 9.10. The summed E-state index contributed by atoms with van der Waals surface area (Å²) in [6.07, 6.45) is 0.250. The number of carbonyl (C=O) groups is 3. The number of piperazine rings is 1. The zero-order valence-electron chi connectivity index (χ0n) is 17.6. The Balaban J connectivity index is 1.89. The SMILES string of the molecule is CCCN(CC(=O)Nc1ccc(F)c(F)c1F)CC(=O)N1CCN(C(=O)OCC)CC1. The van der Waals surface area contributed by atoms with Crippen molar-refractivity contribution >= 4 is 23.6 Å². The summed E-state index contributed by atoms with van der Waals surface area (Å²) in [7, 11) is 0. The van der Waals surface area contributed by atoms with Crippen molar-refractivity contribution in [3.05, 3.63) is 29.6 Å². The van der Waals surface area contributed by atoms with Crippen molar-refractivity contribution in [2.75, 3.05) is 57.7 Å². The molecule has 0 unspecified atom stereocenters. The molecule has 2 rings (SSSR count). The van der Waals surface area contributed by atoms with E-state index in [1.807, 2.05) is 6.92 Å². The number of benzene rings is 1. The molecule has 31 heavy (non-hydrogen) atoms. The largest absolute Gasteiger partial charge is 0.450 e. The first-order valence-electron chi connectivity index (χ1n) is 10.1. The summed E-state index contributed by atoms with van der Waals surface area (Å²) in [5, 5.41) is 2.20. The molecule has 1 aliphatic heterocycles. The van der Waals surface area contributed by atoms with Gasteiger partial charge in [0, 0.05) is 26.2 Å². The van der Waals surface area contributed by atoms with Crippen molar-refractivity contribution in [3.8, 4) is 0 Å². The van der Waals surface area contributed by atoms with Crippen LogP contribution in [-0.2, 0) is 14.3 Å². The number of halogens is 3. The van der Waals surface area contributed by atoms with Gasteiger partial charge in [0.2, 0.25) is 11.8 Å². The summed E-state index contributed by atoms with van der Waals surface area (Å²) < 4.78 is 45.1. The number of ether oxygens (including phenoxy) is 1. The van der Waals surface area contributed by atoms with E-state index in [-0.39, 0.29) is 25.6 Å². The van der Waals surface area contributed by atoms with Gasteiger partial charge in [0.1, 0.15) is 0 Å². The molecular weight excluding hydrogens is 417 g/mol. The average molecular weight is 444 g/mol. The lowest BCUT2D eigenvalue weighted by molar-refractivity contribution is -0.134. The molecular formula is C20H27F3N4O4. The highest BCUT2D eigenvalue weighted by atomic mass is 19.2. The van der Waals surface area contributed by atoms with Gasteiger partial charge in [0.05, 0.1) is 25.4 Å². The minimum Gasteiger partial charge on any atom is -0.450 e. The molecule has 1 N–H and O–H groups in total. The molecule has 3 amide bonds. The van der Waals surface area contributed by atoms with E-state index in [0.29, 0.717) is 39.1 Å². The van der Waals surface area contributed by atoms with Crippen LogP contribution in [0.1, 0.15) is 20.3 Å². The summed E-state index contributed by atoms with van der Waals surface area (Å²) in [4.78, 5) is 41.4. The van der Waals surface area contributed by atoms with E-state index >= 15 is 0 Å². The molecule has 0 aliphatic carbocycles. The Morgan fingerprint density at radius 1 is 1.00 bits per heavy atom. The first-order chi connectivity index (χ1) is 14.8. The van der Waals surface area contributed by atoms with Gasteiger partial charge in [-0.3, -0.25) is 14.5 Å². The number of hydrogen-bond donors (Lipinski definition) is 1. The van der Waals surface area contributed by atoms with Gasteiger partial charge in [-0.25, -0.2) is 18.0 Å². The minimum atomic E-state index is -1.67. The third kappa shape index (κ3) is 6.84. The van der Waals surface area contributed by atoms with Crippen LogP contribution in [0.3, 0.4) is 0 Å². The fraction of sp³-hybridized carbons (Fsp3) is 0.550. The Bertz CT molecular complexity index is 801. The van der Waals surface area contributed by atoms with Crippen LogP contribution >= 0.6 is 0 Å². The Labute approximate surface area is 178 Å². The predicted octanol–water partition coefficient (Wildman–Crippen LogP) is 2.06. The summed E-state index contributed by atoms with van der Waals surface area (Å²) in [6.45, 7) is 5.46. The van der Waals surface area contributed by atoms with Gasteiger partial charge in [0.25, 0.3) is 0 Å². The zero-order chi connectivity index (χ0) is 23.0. The van der Waals surface area contributed by atoms with E-state index < -0.39 is 35.1 Å². The van der Waals surface area contributed by atoms with Crippen molar-refractivity contribution in [1.82, 2.24) is 14.7 Å². The molecule has 0 radical (unpaired) electrons. The number of carbonyl (C=O) groups excluding carboxylic acids is 3. The average Bonchev–Trinajstić information content (AvgIpc) is 2.74. The van der Waals surface area contributed by atoms with Gasteiger partial charge in [-0.05, 0) is 32.0 Å². The van der Waals surface area contributed by atoms with Crippen LogP contribution in [-0.4, -0.2) is 85.0 Å². The fourth-order valence-electron chi connectivity index (χ4n) is 3.19. The van der Waals surface area contributed by atoms with Gasteiger partial charge < -0.3 is 19.9 Å². The van der Waals surface area contributed by atoms with Crippen LogP contribution in [0.25, 0.3) is 0 Å². The van der Waals surface area contributed by atoms with Gasteiger partial charge >= 0.3 is 6.09 Å². The van der Waals surface area contributed by atoms with Crippen LogP contribution in [0.5, 0.6) is 0 Å². The third-order valence-corrected chi connectivity index (χ3v) is 4.73. The summed E-state index contributed by atoms with van der Waals surface area (Å²) in [5.74, 6) is -5.36. The topological polar surface area (TPSA) is 82.2 Å². The Morgan fingerprint density at radius 2 is 1.65 bits per heavy atom. The predicted molar refractivity (Wildman–Crippen MR) is 107 cm³/mol. The number of anilines is 1. The first-order valence-corrected chi connectivity index (χ1v) is 10.1. The molecule has 1 saturated heterocycles. The number of hydrogen-bond acceptors (Lipinski definition) is 5. The Hall–Kier alpha value is -2.82. The van der Waals surface area contributed by atoms with Crippen molar-refractivity contribution in [3.63, 3.8) is 0 Å². The monoisotopic (exact) mass is 444 g/mol. The highest BCUT2D eigenvalue weighted by molar-refractivity contribution is 5.92.